The number of carbonyl (C=O) groups is 1. The normalized spacial score (nSPS) is 20.7. The van der Waals surface area contributed by atoms with Crippen LogP contribution in [0.15, 0.2) is 50.4 Å². The van der Waals surface area contributed by atoms with E-state index in [-0.39, 0.29) is 23.3 Å². The van der Waals surface area contributed by atoms with Crippen LogP contribution in [-0.4, -0.2) is 34.6 Å². The van der Waals surface area contributed by atoms with Gasteiger partial charge in [-0.1, -0.05) is 6.07 Å². The number of pyridine rings is 1. The Bertz CT molecular complexity index is 1340. The predicted octanol–water partition coefficient (Wildman–Crippen LogP) is 2.98. The highest BCUT2D eigenvalue weighted by Crippen LogP contribution is 2.36. The molecule has 2 bridgehead atoms. The van der Waals surface area contributed by atoms with Gasteiger partial charge in [-0.05, 0) is 62.4 Å². The van der Waals surface area contributed by atoms with Gasteiger partial charge in [-0.3, -0.25) is 9.59 Å². The van der Waals surface area contributed by atoms with E-state index in [0.717, 1.165) is 23.2 Å². The largest absolute Gasteiger partial charge is 0.480 e. The third kappa shape index (κ3) is 3.51. The second-order valence-electron chi connectivity index (χ2n) is 9.09. The van der Waals surface area contributed by atoms with Crippen LogP contribution >= 0.6 is 0 Å². The maximum absolute atomic E-state index is 13.3. The lowest BCUT2D eigenvalue weighted by Gasteiger charge is -2.43. The van der Waals surface area contributed by atoms with E-state index in [4.69, 9.17) is 9.15 Å². The maximum atomic E-state index is 13.3. The van der Waals surface area contributed by atoms with Crippen LogP contribution in [-0.2, 0) is 11.3 Å². The Morgan fingerprint density at radius 1 is 1.12 bits per heavy atom. The van der Waals surface area contributed by atoms with E-state index in [0.29, 0.717) is 36.4 Å². The van der Waals surface area contributed by atoms with Crippen molar-refractivity contribution < 1.29 is 13.9 Å². The third-order valence-electron chi connectivity index (χ3n) is 6.59. The zero-order valence-electron chi connectivity index (χ0n) is 18.5. The molecular weight excluding hydrogens is 408 g/mol. The van der Waals surface area contributed by atoms with Crippen LogP contribution < -0.4 is 15.9 Å². The Kier molecular flexibility index (Phi) is 4.92. The summed E-state index contributed by atoms with van der Waals surface area (Å²) in [6.07, 6.45) is 0.298. The van der Waals surface area contributed by atoms with E-state index in [2.05, 4.69) is 0 Å². The first-order valence-corrected chi connectivity index (χ1v) is 11.0. The molecule has 3 atom stereocenters. The highest BCUT2D eigenvalue weighted by Gasteiger charge is 2.37. The molecule has 1 saturated heterocycles. The summed E-state index contributed by atoms with van der Waals surface area (Å²) >= 11 is 0. The molecule has 1 fully saturated rings. The molecule has 2 aliphatic rings. The van der Waals surface area contributed by atoms with Crippen molar-refractivity contribution in [2.75, 3.05) is 13.1 Å². The quantitative estimate of drug-likeness (QED) is 0.592. The summed E-state index contributed by atoms with van der Waals surface area (Å²) in [5, 5.41) is 0.707. The lowest BCUT2D eigenvalue weighted by atomic mass is 9.83. The minimum Gasteiger partial charge on any atom is -0.480 e. The van der Waals surface area contributed by atoms with Crippen LogP contribution in [0.2, 0.25) is 0 Å². The van der Waals surface area contributed by atoms with Crippen molar-refractivity contribution in [2.45, 2.75) is 45.8 Å². The lowest BCUT2D eigenvalue weighted by Crippen LogP contribution is -2.52. The number of piperidine rings is 1. The van der Waals surface area contributed by atoms with E-state index < -0.39 is 11.7 Å². The van der Waals surface area contributed by atoms with Gasteiger partial charge in [0.2, 0.25) is 0 Å². The van der Waals surface area contributed by atoms with Crippen LogP contribution in [0.1, 0.15) is 36.1 Å². The number of amides is 1. The minimum atomic E-state index is -0.692. The Hall–Kier alpha value is -3.35. The molecule has 1 aromatic carbocycles. The average Bonchev–Trinajstić information content (AvgIpc) is 2.73. The molecule has 4 heterocycles. The first kappa shape index (κ1) is 20.5. The van der Waals surface area contributed by atoms with Gasteiger partial charge < -0.3 is 18.6 Å². The fourth-order valence-corrected chi connectivity index (χ4v) is 5.24. The minimum absolute atomic E-state index is 0.0297. The molecule has 7 nitrogen and oxygen atoms in total. The van der Waals surface area contributed by atoms with Gasteiger partial charge in [-0.25, -0.2) is 4.79 Å². The Morgan fingerprint density at radius 3 is 2.75 bits per heavy atom. The number of aryl methyl sites for hydroxylation is 2. The molecule has 0 saturated carbocycles. The molecule has 3 aromatic rings. The number of benzene rings is 1. The number of carbonyl (C=O) groups excluding carboxylic acids is 1. The van der Waals surface area contributed by atoms with Crippen molar-refractivity contribution in [1.82, 2.24) is 9.47 Å². The Morgan fingerprint density at radius 2 is 1.94 bits per heavy atom. The van der Waals surface area contributed by atoms with E-state index in [1.54, 1.807) is 25.1 Å². The number of likely N-dealkylation sites (tertiary alicyclic amines) is 1. The molecule has 1 amide bonds. The van der Waals surface area contributed by atoms with Crippen LogP contribution in [0.3, 0.4) is 0 Å². The molecule has 2 aromatic heterocycles. The van der Waals surface area contributed by atoms with Crippen LogP contribution in [0.4, 0.5) is 0 Å². The first-order chi connectivity index (χ1) is 15.3. The van der Waals surface area contributed by atoms with E-state index >= 15 is 0 Å². The summed E-state index contributed by atoms with van der Waals surface area (Å²) in [6, 6.07) is 10.5. The summed E-state index contributed by atoms with van der Waals surface area (Å²) in [6.45, 7) is 7.33. The molecule has 7 heteroatoms. The number of rotatable bonds is 3. The molecule has 32 heavy (non-hydrogen) atoms. The topological polar surface area (TPSA) is 81.8 Å². The number of ether oxygens (including phenoxy) is 1. The third-order valence-corrected chi connectivity index (χ3v) is 6.59. The van der Waals surface area contributed by atoms with E-state index in [1.807, 2.05) is 35.4 Å². The standard InChI is InChI=1S/C25H26N2O5/c1-14-7-20(24-15(2)9-23(29)32-21(24)8-14)31-16(3)25(30)26-11-17-10-18(13-26)19-5-4-6-22(28)27(19)12-17/h4-9,16-18H,10-13H2,1-3H3/t16-,17+,18-/m0/s1. The van der Waals surface area contributed by atoms with Crippen molar-refractivity contribution in [3.8, 4) is 5.75 Å². The summed E-state index contributed by atoms with van der Waals surface area (Å²) in [7, 11) is 0. The van der Waals surface area contributed by atoms with Crippen molar-refractivity contribution >= 4 is 16.9 Å². The van der Waals surface area contributed by atoms with E-state index in [9.17, 15) is 14.4 Å². The number of fused-ring (bicyclic) bond motifs is 5. The highest BCUT2D eigenvalue weighted by molar-refractivity contribution is 5.88. The van der Waals surface area contributed by atoms with Gasteiger partial charge in [0.1, 0.15) is 11.3 Å². The van der Waals surface area contributed by atoms with Gasteiger partial charge in [-0.2, -0.15) is 0 Å². The zero-order valence-corrected chi connectivity index (χ0v) is 18.5. The van der Waals surface area contributed by atoms with Gasteiger partial charge in [0, 0.05) is 43.4 Å². The van der Waals surface area contributed by atoms with Crippen molar-refractivity contribution in [2.24, 2.45) is 5.92 Å². The predicted molar refractivity (Wildman–Crippen MR) is 120 cm³/mol. The molecule has 0 spiro atoms. The van der Waals surface area contributed by atoms with E-state index in [1.165, 1.54) is 6.07 Å². The fraction of sp³-hybridized carbons (Fsp3) is 0.400. The number of hydrogen-bond donors (Lipinski definition) is 0. The summed E-state index contributed by atoms with van der Waals surface area (Å²) in [5.74, 6) is 0.880. The summed E-state index contributed by atoms with van der Waals surface area (Å²) < 4.78 is 13.4. The SMILES string of the molecule is Cc1cc(O[C@@H](C)C(=O)N2C[C@H]3C[C@@H](C2)c2cccc(=O)n2C3)c2c(C)cc(=O)oc2c1. The second-order valence-corrected chi connectivity index (χ2v) is 9.09. The maximum Gasteiger partial charge on any atom is 0.336 e. The van der Waals surface area contributed by atoms with Gasteiger partial charge >= 0.3 is 5.63 Å². The zero-order chi connectivity index (χ0) is 22.6. The fourth-order valence-electron chi connectivity index (χ4n) is 5.24. The van der Waals surface area contributed by atoms with Gasteiger partial charge in [0.25, 0.3) is 11.5 Å². The Labute approximate surface area is 185 Å². The molecule has 0 unspecified atom stereocenters. The number of aromatic nitrogens is 1. The molecule has 0 aliphatic carbocycles. The monoisotopic (exact) mass is 434 g/mol. The molecule has 166 valence electrons. The van der Waals surface area contributed by atoms with Gasteiger partial charge in [-0.15, -0.1) is 0 Å². The van der Waals surface area contributed by atoms with Crippen LogP contribution in [0, 0.1) is 19.8 Å². The molecule has 5 rings (SSSR count). The second kappa shape index (κ2) is 7.65. The molecule has 0 N–H and O–H groups in total. The smallest absolute Gasteiger partial charge is 0.336 e. The molecule has 2 aliphatic heterocycles. The number of hydrogen-bond acceptors (Lipinski definition) is 5. The molecular formula is C25H26N2O5. The van der Waals surface area contributed by atoms with Crippen molar-refractivity contribution in [3.05, 3.63) is 74.0 Å². The summed E-state index contributed by atoms with van der Waals surface area (Å²) in [4.78, 5) is 39.2. The van der Waals surface area contributed by atoms with Crippen molar-refractivity contribution in [1.29, 1.82) is 0 Å². The molecule has 0 radical (unpaired) electrons. The summed E-state index contributed by atoms with van der Waals surface area (Å²) in [5.41, 5.74) is 2.72. The first-order valence-electron chi connectivity index (χ1n) is 11.0. The van der Waals surface area contributed by atoms with Crippen LogP contribution in [0.5, 0.6) is 5.75 Å². The van der Waals surface area contributed by atoms with Crippen LogP contribution in [0.25, 0.3) is 11.0 Å². The average molecular weight is 434 g/mol. The highest BCUT2D eigenvalue weighted by atomic mass is 16.5. The van der Waals surface area contributed by atoms with Gasteiger partial charge in [0.15, 0.2) is 6.10 Å². The van der Waals surface area contributed by atoms with Gasteiger partial charge in [0.05, 0.1) is 5.39 Å². The van der Waals surface area contributed by atoms with Crippen molar-refractivity contribution in [3.63, 3.8) is 0 Å². The Balaban J connectivity index is 1.40. The number of nitrogens with zero attached hydrogens (tertiary/aromatic N) is 2. The lowest BCUT2D eigenvalue weighted by molar-refractivity contribution is -0.140.